The average molecular weight is 380 g/mol. The monoisotopic (exact) mass is 380 g/mol. The third-order valence-electron chi connectivity index (χ3n) is 3.55. The number of nitrogens with one attached hydrogen (secondary N) is 2. The Morgan fingerprint density at radius 1 is 1.26 bits per heavy atom. The van der Waals surface area contributed by atoms with Crippen LogP contribution in [0, 0.1) is 0 Å². The van der Waals surface area contributed by atoms with Crippen LogP contribution in [0.2, 0.25) is 0 Å². The van der Waals surface area contributed by atoms with E-state index in [-0.39, 0.29) is 5.91 Å². The topological polar surface area (TPSA) is 75.6 Å². The van der Waals surface area contributed by atoms with Crippen LogP contribution in [0.4, 0.5) is 10.8 Å². The van der Waals surface area contributed by atoms with Gasteiger partial charge >= 0.3 is 0 Å². The molecule has 138 valence electrons. The van der Waals surface area contributed by atoms with E-state index in [9.17, 15) is 4.79 Å². The molecule has 27 heavy (non-hydrogen) atoms. The highest BCUT2D eigenvalue weighted by atomic mass is 32.1. The zero-order chi connectivity index (χ0) is 19.1. The molecule has 0 aliphatic heterocycles. The van der Waals surface area contributed by atoms with E-state index in [4.69, 9.17) is 4.74 Å². The number of aromatic nitrogens is 1. The molecule has 2 N–H and O–H groups in total. The Balaban J connectivity index is 1.62. The maximum Gasteiger partial charge on any atom is 0.221 e. The van der Waals surface area contributed by atoms with Crippen LogP contribution in [0.3, 0.4) is 0 Å². The second-order valence-corrected chi connectivity index (χ2v) is 6.53. The number of anilines is 2. The molecule has 1 heterocycles. The molecule has 1 aromatic heterocycles. The van der Waals surface area contributed by atoms with Crippen LogP contribution in [-0.2, 0) is 4.79 Å². The SMILES string of the molecule is CCOc1cccc(/C=N\Nc2nc(-c3ccc(NC(C)=O)cc3)cs2)c1. The first-order valence-electron chi connectivity index (χ1n) is 8.49. The van der Waals surface area contributed by atoms with E-state index in [2.05, 4.69) is 20.8 Å². The van der Waals surface area contributed by atoms with Crippen molar-refractivity contribution < 1.29 is 9.53 Å². The summed E-state index contributed by atoms with van der Waals surface area (Å²) in [6.07, 6.45) is 1.73. The zero-order valence-corrected chi connectivity index (χ0v) is 15.9. The molecule has 0 atom stereocenters. The van der Waals surface area contributed by atoms with Gasteiger partial charge < -0.3 is 10.1 Å². The Morgan fingerprint density at radius 3 is 2.81 bits per heavy atom. The number of carbonyl (C=O) groups excluding carboxylic acids is 1. The van der Waals surface area contributed by atoms with Crippen molar-refractivity contribution in [2.24, 2.45) is 5.10 Å². The van der Waals surface area contributed by atoms with Crippen LogP contribution in [0.5, 0.6) is 5.75 Å². The van der Waals surface area contributed by atoms with E-state index < -0.39 is 0 Å². The van der Waals surface area contributed by atoms with Crippen molar-refractivity contribution in [1.82, 2.24) is 4.98 Å². The highest BCUT2D eigenvalue weighted by Crippen LogP contribution is 2.26. The molecule has 6 nitrogen and oxygen atoms in total. The Labute approximate surface area is 161 Å². The van der Waals surface area contributed by atoms with Gasteiger partial charge in [-0.15, -0.1) is 11.3 Å². The van der Waals surface area contributed by atoms with Gasteiger partial charge in [-0.1, -0.05) is 24.3 Å². The molecule has 7 heteroatoms. The number of nitrogens with zero attached hydrogens (tertiary/aromatic N) is 2. The van der Waals surface area contributed by atoms with Crippen molar-refractivity contribution >= 4 is 34.3 Å². The number of carbonyl (C=O) groups is 1. The van der Waals surface area contributed by atoms with Crippen molar-refractivity contribution in [2.45, 2.75) is 13.8 Å². The van der Waals surface area contributed by atoms with E-state index in [0.717, 1.165) is 28.3 Å². The Morgan fingerprint density at radius 2 is 2.07 bits per heavy atom. The molecule has 0 aliphatic rings. The number of thiazole rings is 1. The van der Waals surface area contributed by atoms with Gasteiger partial charge in [-0.3, -0.25) is 10.2 Å². The lowest BCUT2D eigenvalue weighted by molar-refractivity contribution is -0.114. The molecule has 0 aliphatic carbocycles. The zero-order valence-electron chi connectivity index (χ0n) is 15.1. The molecule has 3 rings (SSSR count). The number of hydrogen-bond donors (Lipinski definition) is 2. The van der Waals surface area contributed by atoms with Crippen LogP contribution >= 0.6 is 11.3 Å². The van der Waals surface area contributed by atoms with E-state index in [1.807, 2.05) is 60.8 Å². The molecule has 0 saturated carbocycles. The first kappa shape index (κ1) is 18.6. The maximum atomic E-state index is 11.1. The summed E-state index contributed by atoms with van der Waals surface area (Å²) in [6, 6.07) is 15.3. The molecular formula is C20H20N4O2S. The van der Waals surface area contributed by atoms with E-state index in [0.29, 0.717) is 11.7 Å². The van der Waals surface area contributed by atoms with Crippen LogP contribution in [0.1, 0.15) is 19.4 Å². The van der Waals surface area contributed by atoms with Crippen LogP contribution in [-0.4, -0.2) is 23.7 Å². The summed E-state index contributed by atoms with van der Waals surface area (Å²) in [5.41, 5.74) is 6.48. The standard InChI is InChI=1S/C20H20N4O2S/c1-3-26-18-6-4-5-15(11-18)12-21-24-20-23-19(13-27-20)16-7-9-17(10-8-16)22-14(2)25/h4-13H,3H2,1-2H3,(H,22,25)(H,23,24)/b21-12-. The maximum absolute atomic E-state index is 11.1. The van der Waals surface area contributed by atoms with Crippen LogP contribution in [0.25, 0.3) is 11.3 Å². The van der Waals surface area contributed by atoms with Crippen molar-refractivity contribution in [3.63, 3.8) is 0 Å². The smallest absolute Gasteiger partial charge is 0.221 e. The fourth-order valence-electron chi connectivity index (χ4n) is 2.40. The van der Waals surface area contributed by atoms with Crippen LogP contribution < -0.4 is 15.5 Å². The highest BCUT2D eigenvalue weighted by Gasteiger charge is 2.04. The van der Waals surface area contributed by atoms with Crippen molar-refractivity contribution in [1.29, 1.82) is 0 Å². The molecule has 0 saturated heterocycles. The third kappa shape index (κ3) is 5.39. The molecule has 0 spiro atoms. The minimum absolute atomic E-state index is 0.0902. The summed E-state index contributed by atoms with van der Waals surface area (Å²) < 4.78 is 5.48. The molecule has 2 aromatic carbocycles. The molecule has 3 aromatic rings. The number of benzene rings is 2. The Bertz CT molecular complexity index is 935. The predicted octanol–water partition coefficient (Wildman–Crippen LogP) is 4.61. The Hall–Kier alpha value is -3.19. The number of rotatable bonds is 7. The Kier molecular flexibility index (Phi) is 6.17. The normalized spacial score (nSPS) is 10.7. The van der Waals surface area contributed by atoms with Gasteiger partial charge in [0, 0.05) is 23.6 Å². The second kappa shape index (κ2) is 8.95. The fourth-order valence-corrected chi connectivity index (χ4v) is 3.07. The number of hydrogen-bond acceptors (Lipinski definition) is 6. The first-order chi connectivity index (χ1) is 13.1. The van der Waals surface area contributed by atoms with Crippen LogP contribution in [0.15, 0.2) is 59.0 Å². The quantitative estimate of drug-likeness (QED) is 0.463. The second-order valence-electron chi connectivity index (χ2n) is 5.67. The van der Waals surface area contributed by atoms with E-state index in [1.54, 1.807) is 6.21 Å². The molecular weight excluding hydrogens is 360 g/mol. The van der Waals surface area contributed by atoms with Crippen molar-refractivity contribution in [3.05, 3.63) is 59.5 Å². The molecule has 1 amide bonds. The molecule has 0 fully saturated rings. The molecule has 0 radical (unpaired) electrons. The van der Waals surface area contributed by atoms with Crippen molar-refractivity contribution in [2.75, 3.05) is 17.3 Å². The van der Waals surface area contributed by atoms with Crippen molar-refractivity contribution in [3.8, 4) is 17.0 Å². The minimum atomic E-state index is -0.0902. The van der Waals surface area contributed by atoms with Gasteiger partial charge in [0.15, 0.2) is 0 Å². The number of hydrazone groups is 1. The summed E-state index contributed by atoms with van der Waals surface area (Å²) in [5.74, 6) is 0.730. The van der Waals surface area contributed by atoms with Gasteiger partial charge in [0.05, 0.1) is 18.5 Å². The first-order valence-corrected chi connectivity index (χ1v) is 9.37. The van der Waals surface area contributed by atoms with Gasteiger partial charge in [-0.05, 0) is 36.8 Å². The van der Waals surface area contributed by atoms with Gasteiger partial charge in [0.1, 0.15) is 5.75 Å². The average Bonchev–Trinajstić information content (AvgIpc) is 3.11. The van der Waals surface area contributed by atoms with Gasteiger partial charge in [-0.2, -0.15) is 5.10 Å². The summed E-state index contributed by atoms with van der Waals surface area (Å²) in [5, 5.41) is 9.64. The third-order valence-corrected chi connectivity index (χ3v) is 4.30. The lowest BCUT2D eigenvalue weighted by Gasteiger charge is -2.03. The summed E-state index contributed by atoms with van der Waals surface area (Å²) >= 11 is 1.48. The summed E-state index contributed by atoms with van der Waals surface area (Å²) in [7, 11) is 0. The van der Waals surface area contributed by atoms with E-state index >= 15 is 0 Å². The minimum Gasteiger partial charge on any atom is -0.494 e. The van der Waals surface area contributed by atoms with Gasteiger partial charge in [0.2, 0.25) is 11.0 Å². The van der Waals surface area contributed by atoms with Gasteiger partial charge in [0.25, 0.3) is 0 Å². The summed E-state index contributed by atoms with van der Waals surface area (Å²) in [4.78, 5) is 15.6. The van der Waals surface area contributed by atoms with Gasteiger partial charge in [-0.25, -0.2) is 4.98 Å². The fraction of sp³-hybridized carbons (Fsp3) is 0.150. The largest absolute Gasteiger partial charge is 0.494 e. The lowest BCUT2D eigenvalue weighted by Crippen LogP contribution is -2.05. The summed E-state index contributed by atoms with van der Waals surface area (Å²) in [6.45, 7) is 4.07. The predicted molar refractivity (Wildman–Crippen MR) is 111 cm³/mol. The highest BCUT2D eigenvalue weighted by molar-refractivity contribution is 7.14. The van der Waals surface area contributed by atoms with E-state index in [1.165, 1.54) is 18.3 Å². The molecule has 0 bridgehead atoms. The lowest BCUT2D eigenvalue weighted by atomic mass is 10.1. The molecule has 0 unspecified atom stereocenters. The number of ether oxygens (including phenoxy) is 1. The number of amides is 1.